The van der Waals surface area contributed by atoms with Crippen molar-refractivity contribution < 1.29 is 33.4 Å². The highest BCUT2D eigenvalue weighted by molar-refractivity contribution is 5.91. The van der Waals surface area contributed by atoms with E-state index in [9.17, 15) is 10.1 Å². The molecule has 0 unspecified atom stereocenters. The second kappa shape index (κ2) is 8.41. The maximum atomic E-state index is 10.3. The number of benzene rings is 2. The Hall–Kier alpha value is -3.75. The van der Waals surface area contributed by atoms with Crippen molar-refractivity contribution in [2.24, 2.45) is 0 Å². The largest absolute Gasteiger partial charge is 0.493 e. The Labute approximate surface area is 184 Å². The van der Waals surface area contributed by atoms with Gasteiger partial charge in [0.2, 0.25) is 12.5 Å². The predicted octanol–water partition coefficient (Wildman–Crippen LogP) is 3.46. The monoisotopic (exact) mass is 439 g/mol. The minimum atomic E-state index is -0.777. The van der Waals surface area contributed by atoms with E-state index in [1.165, 1.54) is 5.56 Å². The lowest BCUT2D eigenvalue weighted by atomic mass is 9.95. The van der Waals surface area contributed by atoms with Crippen LogP contribution in [0.4, 0.5) is 0 Å². The molecule has 3 aromatic rings. The highest BCUT2D eigenvalue weighted by Gasteiger charge is 2.28. The van der Waals surface area contributed by atoms with E-state index in [0.717, 1.165) is 46.5 Å². The molecule has 3 heterocycles. The Morgan fingerprint density at radius 1 is 1.12 bits per heavy atom. The van der Waals surface area contributed by atoms with E-state index in [0.29, 0.717) is 30.9 Å². The zero-order valence-corrected chi connectivity index (χ0v) is 17.7. The summed E-state index contributed by atoms with van der Waals surface area (Å²) in [6.45, 7) is 1.57. The van der Waals surface area contributed by atoms with Gasteiger partial charge in [-0.05, 0) is 48.1 Å². The van der Waals surface area contributed by atoms with Crippen molar-refractivity contribution in [1.29, 1.82) is 0 Å². The maximum absolute atomic E-state index is 10.3. The molecule has 5 rings (SSSR count). The van der Waals surface area contributed by atoms with Gasteiger partial charge in [-0.2, -0.15) is 4.57 Å². The molecule has 0 aliphatic carbocycles. The summed E-state index contributed by atoms with van der Waals surface area (Å²) >= 11 is 0. The Kier molecular flexibility index (Phi) is 5.30. The summed E-state index contributed by atoms with van der Waals surface area (Å²) in [5.74, 6) is 2.91. The first kappa shape index (κ1) is 20.2. The SMILES string of the molecule is COc1ccc2cc3[n+](cc2c1OCCCCO[N+](=O)[O-])CCc1cc2c(cc1-3)OCO2. The second-order valence-electron chi connectivity index (χ2n) is 7.68. The first-order chi connectivity index (χ1) is 15.6. The van der Waals surface area contributed by atoms with Crippen molar-refractivity contribution in [1.82, 2.24) is 0 Å². The molecule has 2 aliphatic heterocycles. The van der Waals surface area contributed by atoms with Crippen molar-refractivity contribution >= 4 is 10.8 Å². The van der Waals surface area contributed by atoms with E-state index >= 15 is 0 Å². The lowest BCUT2D eigenvalue weighted by molar-refractivity contribution is -0.757. The summed E-state index contributed by atoms with van der Waals surface area (Å²) in [6.07, 6.45) is 4.16. The summed E-state index contributed by atoms with van der Waals surface area (Å²) < 4.78 is 25.0. The number of aromatic nitrogens is 1. The molecule has 2 aromatic carbocycles. The van der Waals surface area contributed by atoms with Crippen molar-refractivity contribution in [3.8, 4) is 34.3 Å². The molecule has 0 bridgehead atoms. The third-order valence-corrected chi connectivity index (χ3v) is 5.78. The zero-order valence-electron chi connectivity index (χ0n) is 17.7. The number of nitrogens with zero attached hydrogens (tertiary/aromatic N) is 2. The van der Waals surface area contributed by atoms with Gasteiger partial charge in [0, 0.05) is 12.5 Å². The minimum absolute atomic E-state index is 0.0598. The highest BCUT2D eigenvalue weighted by atomic mass is 16.9. The van der Waals surface area contributed by atoms with Crippen molar-refractivity contribution in [3.63, 3.8) is 0 Å². The normalized spacial score (nSPS) is 13.4. The average Bonchev–Trinajstić information content (AvgIpc) is 3.26. The van der Waals surface area contributed by atoms with Crippen molar-refractivity contribution in [3.05, 3.63) is 52.2 Å². The Morgan fingerprint density at radius 2 is 1.94 bits per heavy atom. The smallest absolute Gasteiger partial charge is 0.294 e. The fourth-order valence-corrected chi connectivity index (χ4v) is 4.22. The fraction of sp³-hybridized carbons (Fsp3) is 0.348. The number of fused-ring (bicyclic) bond motifs is 5. The van der Waals surface area contributed by atoms with Crippen LogP contribution in [0.2, 0.25) is 0 Å². The van der Waals surface area contributed by atoms with Crippen LogP contribution < -0.4 is 23.5 Å². The van der Waals surface area contributed by atoms with E-state index in [-0.39, 0.29) is 13.4 Å². The van der Waals surface area contributed by atoms with Gasteiger partial charge in [0.15, 0.2) is 35.7 Å². The molecule has 0 saturated carbocycles. The molecule has 0 amide bonds. The molecule has 0 spiro atoms. The van der Waals surface area contributed by atoms with Gasteiger partial charge in [-0.25, -0.2) is 0 Å². The summed E-state index contributed by atoms with van der Waals surface area (Å²) in [4.78, 5) is 14.6. The molecule has 0 radical (unpaired) electrons. The number of rotatable bonds is 8. The second-order valence-corrected chi connectivity index (χ2v) is 7.68. The molecular weight excluding hydrogens is 416 g/mol. The topological polar surface area (TPSA) is 93.2 Å². The lowest BCUT2D eigenvalue weighted by Crippen LogP contribution is -2.40. The first-order valence-corrected chi connectivity index (χ1v) is 10.5. The van der Waals surface area contributed by atoms with Gasteiger partial charge < -0.3 is 23.8 Å². The van der Waals surface area contributed by atoms with Crippen LogP contribution >= 0.6 is 0 Å². The molecule has 0 N–H and O–H groups in total. The van der Waals surface area contributed by atoms with Crippen LogP contribution in [0.1, 0.15) is 18.4 Å². The molecule has 0 saturated heterocycles. The molecular formula is C23H23N2O7+. The zero-order chi connectivity index (χ0) is 22.1. The van der Waals surface area contributed by atoms with Gasteiger partial charge in [0.1, 0.15) is 0 Å². The van der Waals surface area contributed by atoms with Crippen molar-refractivity contribution in [2.75, 3.05) is 27.1 Å². The van der Waals surface area contributed by atoms with E-state index < -0.39 is 5.09 Å². The highest BCUT2D eigenvalue weighted by Crippen LogP contribution is 2.41. The van der Waals surface area contributed by atoms with Gasteiger partial charge in [0.25, 0.3) is 5.09 Å². The van der Waals surface area contributed by atoms with Crippen molar-refractivity contribution in [2.45, 2.75) is 25.8 Å². The van der Waals surface area contributed by atoms with Gasteiger partial charge in [-0.15, -0.1) is 10.1 Å². The van der Waals surface area contributed by atoms with E-state index in [1.807, 2.05) is 12.1 Å². The fourth-order valence-electron chi connectivity index (χ4n) is 4.22. The summed E-state index contributed by atoms with van der Waals surface area (Å²) in [7, 11) is 1.61. The lowest BCUT2D eigenvalue weighted by Gasteiger charge is -2.18. The van der Waals surface area contributed by atoms with Gasteiger partial charge in [-0.3, -0.25) is 0 Å². The minimum Gasteiger partial charge on any atom is -0.493 e. The summed E-state index contributed by atoms with van der Waals surface area (Å²) in [6, 6.07) is 10.2. The third-order valence-electron chi connectivity index (χ3n) is 5.78. The number of pyridine rings is 1. The number of hydrogen-bond donors (Lipinski definition) is 0. The van der Waals surface area contributed by atoms with Crippen LogP contribution in [-0.4, -0.2) is 32.2 Å². The van der Waals surface area contributed by atoms with Crippen LogP contribution in [0.5, 0.6) is 23.0 Å². The Morgan fingerprint density at radius 3 is 2.75 bits per heavy atom. The van der Waals surface area contributed by atoms with Gasteiger partial charge in [0.05, 0.1) is 31.3 Å². The van der Waals surface area contributed by atoms with E-state index in [4.69, 9.17) is 18.9 Å². The molecule has 0 fully saturated rings. The van der Waals surface area contributed by atoms with Crippen LogP contribution in [0.15, 0.2) is 36.5 Å². The predicted molar refractivity (Wildman–Crippen MR) is 114 cm³/mol. The molecule has 9 heteroatoms. The van der Waals surface area contributed by atoms with Crippen LogP contribution in [0.3, 0.4) is 0 Å². The molecule has 2 aliphatic rings. The Bertz CT molecular complexity index is 1190. The van der Waals surface area contributed by atoms with Crippen LogP contribution in [-0.2, 0) is 17.8 Å². The van der Waals surface area contributed by atoms with Gasteiger partial charge >= 0.3 is 0 Å². The maximum Gasteiger partial charge on any atom is 0.294 e. The number of ether oxygens (including phenoxy) is 4. The Balaban J connectivity index is 1.45. The molecule has 166 valence electrons. The van der Waals surface area contributed by atoms with Crippen LogP contribution in [0.25, 0.3) is 22.0 Å². The van der Waals surface area contributed by atoms with E-state index in [2.05, 4.69) is 33.8 Å². The van der Waals surface area contributed by atoms with Crippen LogP contribution in [0, 0.1) is 10.1 Å². The third kappa shape index (κ3) is 3.70. The number of aryl methyl sites for hydroxylation is 2. The molecule has 0 atom stereocenters. The summed E-state index contributed by atoms with van der Waals surface area (Å²) in [5.41, 5.74) is 3.51. The average molecular weight is 439 g/mol. The number of methoxy groups -OCH3 is 1. The molecule has 32 heavy (non-hydrogen) atoms. The standard InChI is InChI=1S/C23H23N2O7/c1-28-20-5-4-15-10-19-17-12-22-21(30-14-31-22)11-16(17)6-7-24(19)13-18(15)23(20)29-8-2-3-9-32-25(26)27/h4-5,10-13H,2-3,6-9,14H2,1H3/q+1. The van der Waals surface area contributed by atoms with E-state index in [1.54, 1.807) is 7.11 Å². The first-order valence-electron chi connectivity index (χ1n) is 10.5. The molecule has 1 aromatic heterocycles. The molecule has 9 nitrogen and oxygen atoms in total. The summed E-state index contributed by atoms with van der Waals surface area (Å²) in [5, 5.41) is 11.5. The van der Waals surface area contributed by atoms with Gasteiger partial charge in [-0.1, -0.05) is 0 Å². The number of unbranched alkanes of at least 4 members (excludes halogenated alkanes) is 1. The quantitative estimate of drug-likeness (QED) is 0.230. The number of hydrogen-bond acceptors (Lipinski definition) is 7.